The maximum atomic E-state index is 13.9. The molecule has 0 radical (unpaired) electrons. The highest BCUT2D eigenvalue weighted by Crippen LogP contribution is 2.29. The van der Waals surface area contributed by atoms with Crippen LogP contribution in [0.5, 0.6) is 0 Å². The van der Waals surface area contributed by atoms with Crippen molar-refractivity contribution in [2.45, 2.75) is 19.9 Å². The average Bonchev–Trinajstić information content (AvgIpc) is 3.16. The Morgan fingerprint density at radius 2 is 2.17 bits per heavy atom. The molecule has 1 aromatic carbocycles. The number of rotatable bonds is 5. The predicted octanol–water partition coefficient (Wildman–Crippen LogP) is 3.45. The van der Waals surface area contributed by atoms with Crippen molar-refractivity contribution < 1.29 is 14.3 Å². The standard InChI is InChI=1S/C16H14FN3O2S/c1-2-11-13(16(21)22)19-20(14(11)15-18-7-8-23-15)9-10-5-3-4-6-12(10)17/h3-8H,2,9H2,1H3,(H,21,22). The second-order valence-electron chi connectivity index (χ2n) is 4.92. The number of nitrogens with zero attached hydrogens (tertiary/aromatic N) is 3. The Morgan fingerprint density at radius 3 is 2.78 bits per heavy atom. The third-order valence-corrected chi connectivity index (χ3v) is 4.30. The molecule has 0 aliphatic carbocycles. The van der Waals surface area contributed by atoms with Crippen molar-refractivity contribution in [1.82, 2.24) is 14.8 Å². The molecule has 0 saturated heterocycles. The summed E-state index contributed by atoms with van der Waals surface area (Å²) in [5.41, 5.74) is 1.70. The number of carboxylic acid groups (broad SMARTS) is 1. The Kier molecular flexibility index (Phi) is 4.20. The van der Waals surface area contributed by atoms with Crippen LogP contribution in [0.15, 0.2) is 35.8 Å². The van der Waals surface area contributed by atoms with Gasteiger partial charge in [0, 0.05) is 22.7 Å². The van der Waals surface area contributed by atoms with E-state index in [1.54, 1.807) is 24.4 Å². The number of thiazole rings is 1. The van der Waals surface area contributed by atoms with Gasteiger partial charge in [-0.3, -0.25) is 4.68 Å². The van der Waals surface area contributed by atoms with Crippen molar-refractivity contribution in [3.8, 4) is 10.7 Å². The molecular formula is C16H14FN3O2S. The first kappa shape index (κ1) is 15.4. The molecule has 0 aliphatic heterocycles. The fourth-order valence-corrected chi connectivity index (χ4v) is 3.20. The highest BCUT2D eigenvalue weighted by atomic mass is 32.1. The zero-order valence-corrected chi connectivity index (χ0v) is 13.2. The van der Waals surface area contributed by atoms with Crippen molar-refractivity contribution in [3.63, 3.8) is 0 Å². The van der Waals surface area contributed by atoms with Crippen molar-refractivity contribution in [1.29, 1.82) is 0 Å². The summed E-state index contributed by atoms with van der Waals surface area (Å²) in [5, 5.41) is 16.1. The lowest BCUT2D eigenvalue weighted by Gasteiger charge is -2.08. The zero-order chi connectivity index (χ0) is 16.4. The number of aromatic nitrogens is 3. The summed E-state index contributed by atoms with van der Waals surface area (Å²) in [5.74, 6) is -1.44. The molecule has 0 saturated carbocycles. The van der Waals surface area contributed by atoms with E-state index in [0.717, 1.165) is 0 Å². The predicted molar refractivity (Wildman–Crippen MR) is 85.2 cm³/mol. The number of carbonyl (C=O) groups is 1. The van der Waals surface area contributed by atoms with E-state index >= 15 is 0 Å². The van der Waals surface area contributed by atoms with Gasteiger partial charge in [-0.15, -0.1) is 11.3 Å². The van der Waals surface area contributed by atoms with E-state index in [4.69, 9.17) is 0 Å². The molecule has 3 rings (SSSR count). The summed E-state index contributed by atoms with van der Waals surface area (Å²) in [6.45, 7) is 2.02. The Morgan fingerprint density at radius 1 is 1.39 bits per heavy atom. The molecule has 118 valence electrons. The van der Waals surface area contributed by atoms with Gasteiger partial charge >= 0.3 is 5.97 Å². The van der Waals surface area contributed by atoms with Gasteiger partial charge in [0.15, 0.2) is 5.69 Å². The molecule has 0 spiro atoms. The molecule has 2 aromatic heterocycles. The molecule has 3 aromatic rings. The van der Waals surface area contributed by atoms with Gasteiger partial charge in [-0.1, -0.05) is 25.1 Å². The summed E-state index contributed by atoms with van der Waals surface area (Å²) in [6.07, 6.45) is 2.16. The van der Waals surface area contributed by atoms with Crippen LogP contribution in [0.25, 0.3) is 10.7 Å². The Labute approximate surface area is 136 Å². The van der Waals surface area contributed by atoms with Gasteiger partial charge in [-0.05, 0) is 12.5 Å². The highest BCUT2D eigenvalue weighted by Gasteiger charge is 2.24. The van der Waals surface area contributed by atoms with Gasteiger partial charge in [0.05, 0.1) is 6.54 Å². The Balaban J connectivity index is 2.16. The van der Waals surface area contributed by atoms with Crippen LogP contribution in [0.2, 0.25) is 0 Å². The molecule has 2 heterocycles. The summed E-state index contributed by atoms with van der Waals surface area (Å²) < 4.78 is 15.5. The third kappa shape index (κ3) is 2.87. The minimum Gasteiger partial charge on any atom is -0.476 e. The molecule has 0 atom stereocenters. The van der Waals surface area contributed by atoms with Crippen molar-refractivity contribution in [2.75, 3.05) is 0 Å². The number of benzene rings is 1. The van der Waals surface area contributed by atoms with Gasteiger partial charge in [0.25, 0.3) is 0 Å². The van der Waals surface area contributed by atoms with Crippen molar-refractivity contribution >= 4 is 17.3 Å². The molecule has 0 amide bonds. The van der Waals surface area contributed by atoms with E-state index in [9.17, 15) is 14.3 Å². The summed E-state index contributed by atoms with van der Waals surface area (Å²) >= 11 is 1.40. The first-order chi connectivity index (χ1) is 11.1. The molecule has 0 bridgehead atoms. The lowest BCUT2D eigenvalue weighted by molar-refractivity contribution is 0.0688. The second kappa shape index (κ2) is 6.29. The van der Waals surface area contributed by atoms with Crippen molar-refractivity contribution in [2.24, 2.45) is 0 Å². The minimum atomic E-state index is -1.09. The van der Waals surface area contributed by atoms with Crippen LogP contribution in [-0.2, 0) is 13.0 Å². The maximum absolute atomic E-state index is 13.9. The van der Waals surface area contributed by atoms with E-state index in [1.807, 2.05) is 12.3 Å². The van der Waals surface area contributed by atoms with Crippen LogP contribution in [0.4, 0.5) is 4.39 Å². The largest absolute Gasteiger partial charge is 0.476 e. The number of halogens is 1. The molecule has 0 unspecified atom stereocenters. The lowest BCUT2D eigenvalue weighted by atomic mass is 10.1. The average molecular weight is 331 g/mol. The number of carboxylic acids is 1. The SMILES string of the molecule is CCc1c(C(=O)O)nn(Cc2ccccc2F)c1-c1nccs1. The van der Waals surface area contributed by atoms with Crippen LogP contribution >= 0.6 is 11.3 Å². The van der Waals surface area contributed by atoms with Gasteiger partial charge in [-0.25, -0.2) is 14.2 Å². The first-order valence-electron chi connectivity index (χ1n) is 7.08. The quantitative estimate of drug-likeness (QED) is 0.777. The van der Waals surface area contributed by atoms with Crippen molar-refractivity contribution in [3.05, 3.63) is 58.5 Å². The van der Waals surface area contributed by atoms with E-state index in [-0.39, 0.29) is 18.1 Å². The van der Waals surface area contributed by atoms with E-state index in [1.165, 1.54) is 22.1 Å². The van der Waals surface area contributed by atoms with Crippen LogP contribution in [0, 0.1) is 5.82 Å². The smallest absolute Gasteiger partial charge is 0.356 e. The Hall–Kier alpha value is -2.54. The molecule has 7 heteroatoms. The first-order valence-corrected chi connectivity index (χ1v) is 7.96. The second-order valence-corrected chi connectivity index (χ2v) is 5.82. The van der Waals surface area contributed by atoms with Crippen LogP contribution in [-0.4, -0.2) is 25.8 Å². The lowest BCUT2D eigenvalue weighted by Crippen LogP contribution is -2.07. The van der Waals surface area contributed by atoms with Gasteiger partial charge in [0.1, 0.15) is 16.5 Å². The molecule has 0 aliphatic rings. The molecular weight excluding hydrogens is 317 g/mol. The monoisotopic (exact) mass is 331 g/mol. The van der Waals surface area contributed by atoms with E-state index < -0.39 is 5.97 Å². The van der Waals surface area contributed by atoms with Gasteiger partial charge in [0.2, 0.25) is 0 Å². The molecule has 0 fully saturated rings. The van der Waals surface area contributed by atoms with E-state index in [0.29, 0.717) is 28.2 Å². The maximum Gasteiger partial charge on any atom is 0.356 e. The molecule has 1 N–H and O–H groups in total. The van der Waals surface area contributed by atoms with Crippen LogP contribution in [0.3, 0.4) is 0 Å². The van der Waals surface area contributed by atoms with Gasteiger partial charge < -0.3 is 5.11 Å². The molecule has 5 nitrogen and oxygen atoms in total. The summed E-state index contributed by atoms with van der Waals surface area (Å²) in [7, 11) is 0. The normalized spacial score (nSPS) is 10.9. The topological polar surface area (TPSA) is 68.0 Å². The highest BCUT2D eigenvalue weighted by molar-refractivity contribution is 7.13. The van der Waals surface area contributed by atoms with Crippen LogP contribution < -0.4 is 0 Å². The number of hydrogen-bond donors (Lipinski definition) is 1. The Bertz CT molecular complexity index is 843. The zero-order valence-electron chi connectivity index (χ0n) is 12.4. The summed E-state index contributed by atoms with van der Waals surface area (Å²) in [4.78, 5) is 15.7. The fraction of sp³-hybridized carbons (Fsp3) is 0.188. The molecule has 23 heavy (non-hydrogen) atoms. The fourth-order valence-electron chi connectivity index (χ4n) is 2.49. The third-order valence-electron chi connectivity index (χ3n) is 3.52. The van der Waals surface area contributed by atoms with Gasteiger partial charge in [-0.2, -0.15) is 5.10 Å². The minimum absolute atomic E-state index is 0.00552. The number of aromatic carboxylic acids is 1. The van der Waals surface area contributed by atoms with Crippen LogP contribution in [0.1, 0.15) is 28.5 Å². The van der Waals surface area contributed by atoms with E-state index in [2.05, 4.69) is 10.1 Å². The summed E-state index contributed by atoms with van der Waals surface area (Å²) in [6, 6.07) is 6.39. The number of hydrogen-bond acceptors (Lipinski definition) is 4.